The summed E-state index contributed by atoms with van der Waals surface area (Å²) < 4.78 is 18.4. The van der Waals surface area contributed by atoms with Crippen LogP contribution in [0.2, 0.25) is 5.02 Å². The molecule has 0 amide bonds. The SMILES string of the molecule is Cc1cc(OCCCCN2CCC(O)C2)ccc1-c1cccc(COc2cc(OCc3cncc(C#N)c3)c(CN[C@H](CO)C(=O)O)cc2Cl)c1C. The average molecular weight is 729 g/mol. The number of aryl methyl sites for hydroxylation is 1. The van der Waals surface area contributed by atoms with Crippen molar-refractivity contribution in [2.24, 2.45) is 0 Å². The highest BCUT2D eigenvalue weighted by atomic mass is 35.5. The number of ether oxygens (including phenoxy) is 3. The highest BCUT2D eigenvalue weighted by Gasteiger charge is 2.20. The number of halogens is 1. The van der Waals surface area contributed by atoms with Crippen LogP contribution in [0.5, 0.6) is 17.2 Å². The summed E-state index contributed by atoms with van der Waals surface area (Å²) in [6.45, 7) is 7.29. The van der Waals surface area contributed by atoms with Gasteiger partial charge < -0.3 is 34.4 Å². The highest BCUT2D eigenvalue weighted by Crippen LogP contribution is 2.36. The van der Waals surface area contributed by atoms with Gasteiger partial charge >= 0.3 is 5.97 Å². The largest absolute Gasteiger partial charge is 0.494 e. The first-order valence-corrected chi connectivity index (χ1v) is 17.7. The van der Waals surface area contributed by atoms with Gasteiger partial charge in [0.05, 0.1) is 29.9 Å². The minimum atomic E-state index is -1.19. The number of likely N-dealkylation sites (tertiary alicyclic amines) is 1. The number of carboxylic acid groups (broad SMARTS) is 1. The molecule has 0 aliphatic carbocycles. The first-order chi connectivity index (χ1) is 25.1. The van der Waals surface area contributed by atoms with E-state index >= 15 is 0 Å². The lowest BCUT2D eigenvalue weighted by Gasteiger charge is -2.19. The molecule has 1 unspecified atom stereocenters. The van der Waals surface area contributed by atoms with Crippen LogP contribution < -0.4 is 19.5 Å². The number of carbonyl (C=O) groups is 1. The number of nitrogens with zero attached hydrogens (tertiary/aromatic N) is 3. The first-order valence-electron chi connectivity index (χ1n) is 17.4. The molecule has 2 heterocycles. The molecule has 12 heteroatoms. The Bertz CT molecular complexity index is 1880. The maximum Gasteiger partial charge on any atom is 0.323 e. The predicted octanol–water partition coefficient (Wildman–Crippen LogP) is 5.81. The number of benzene rings is 3. The molecule has 3 aromatic carbocycles. The van der Waals surface area contributed by atoms with Gasteiger partial charge in [0.15, 0.2) is 0 Å². The van der Waals surface area contributed by atoms with Crippen molar-refractivity contribution in [1.29, 1.82) is 5.26 Å². The molecule has 2 atom stereocenters. The molecule has 1 aliphatic heterocycles. The van der Waals surface area contributed by atoms with Crippen molar-refractivity contribution < 1.29 is 34.3 Å². The molecule has 0 saturated carbocycles. The number of β-amino-alcohol motifs (C(OH)–C–C–N with tert-alkyl or cyclic N) is 1. The van der Waals surface area contributed by atoms with Gasteiger partial charge in [0.1, 0.15) is 42.6 Å². The summed E-state index contributed by atoms with van der Waals surface area (Å²) in [4.78, 5) is 17.9. The number of hydrogen-bond acceptors (Lipinski definition) is 10. The minimum Gasteiger partial charge on any atom is -0.494 e. The summed E-state index contributed by atoms with van der Waals surface area (Å²) >= 11 is 6.68. The predicted molar refractivity (Wildman–Crippen MR) is 198 cm³/mol. The number of unbranched alkanes of at least 4 members (excludes halogenated alkanes) is 1. The molecule has 0 radical (unpaired) electrons. The molecule has 0 spiro atoms. The van der Waals surface area contributed by atoms with E-state index in [0.717, 1.165) is 72.5 Å². The first kappa shape index (κ1) is 38.5. The van der Waals surface area contributed by atoms with Crippen LogP contribution >= 0.6 is 11.6 Å². The summed E-state index contributed by atoms with van der Waals surface area (Å²) in [6.07, 6.45) is 5.72. The Morgan fingerprint density at radius 1 is 1.04 bits per heavy atom. The van der Waals surface area contributed by atoms with Crippen LogP contribution in [0.3, 0.4) is 0 Å². The average Bonchev–Trinajstić information content (AvgIpc) is 3.56. The van der Waals surface area contributed by atoms with Crippen LogP contribution in [0.25, 0.3) is 11.1 Å². The van der Waals surface area contributed by atoms with Gasteiger partial charge in [0.25, 0.3) is 0 Å². The topological polar surface area (TPSA) is 157 Å². The molecule has 4 aromatic rings. The van der Waals surface area contributed by atoms with Crippen LogP contribution in [0.1, 0.15) is 52.6 Å². The Morgan fingerprint density at radius 3 is 2.60 bits per heavy atom. The van der Waals surface area contributed by atoms with E-state index in [1.165, 1.54) is 6.20 Å². The Hall–Kier alpha value is -4.70. The number of aliphatic hydroxyl groups is 2. The number of nitrogens with one attached hydrogen (secondary N) is 1. The molecule has 4 N–H and O–H groups in total. The lowest BCUT2D eigenvalue weighted by Crippen LogP contribution is -2.39. The van der Waals surface area contributed by atoms with E-state index in [1.807, 2.05) is 18.2 Å². The zero-order valence-electron chi connectivity index (χ0n) is 29.5. The summed E-state index contributed by atoms with van der Waals surface area (Å²) in [5, 5.41) is 40.9. The zero-order chi connectivity index (χ0) is 37.0. The molecule has 274 valence electrons. The molecule has 11 nitrogen and oxygen atoms in total. The van der Waals surface area contributed by atoms with Crippen molar-refractivity contribution in [1.82, 2.24) is 15.2 Å². The fraction of sp³-hybridized carbons (Fsp3) is 0.375. The maximum atomic E-state index is 11.5. The second kappa shape index (κ2) is 18.7. The lowest BCUT2D eigenvalue weighted by molar-refractivity contribution is -0.140. The Morgan fingerprint density at radius 2 is 1.87 bits per heavy atom. The van der Waals surface area contributed by atoms with E-state index in [2.05, 4.69) is 53.3 Å². The normalized spacial score (nSPS) is 14.9. The fourth-order valence-electron chi connectivity index (χ4n) is 6.17. The molecule has 1 saturated heterocycles. The number of hydrogen-bond donors (Lipinski definition) is 4. The van der Waals surface area contributed by atoms with Gasteiger partial charge in [-0.25, -0.2) is 0 Å². The van der Waals surface area contributed by atoms with Crippen molar-refractivity contribution in [3.05, 3.63) is 105 Å². The van der Waals surface area contributed by atoms with E-state index in [1.54, 1.807) is 24.4 Å². The summed E-state index contributed by atoms with van der Waals surface area (Å²) in [5.41, 5.74) is 6.95. The van der Waals surface area contributed by atoms with E-state index in [9.17, 15) is 25.4 Å². The molecule has 5 rings (SSSR count). The maximum absolute atomic E-state index is 11.5. The molecule has 1 aromatic heterocycles. The van der Waals surface area contributed by atoms with Crippen LogP contribution in [0.4, 0.5) is 0 Å². The van der Waals surface area contributed by atoms with Crippen molar-refractivity contribution in [2.75, 3.05) is 32.8 Å². The van der Waals surface area contributed by atoms with Crippen LogP contribution in [0.15, 0.2) is 67.0 Å². The van der Waals surface area contributed by atoms with Gasteiger partial charge in [0, 0.05) is 49.2 Å². The zero-order valence-corrected chi connectivity index (χ0v) is 30.2. The minimum absolute atomic E-state index is 0.0538. The fourth-order valence-corrected chi connectivity index (χ4v) is 6.41. The molecular formula is C40H45ClN4O7. The third kappa shape index (κ3) is 10.4. The monoisotopic (exact) mass is 728 g/mol. The molecule has 1 aliphatic rings. The molecule has 1 fully saturated rings. The van der Waals surface area contributed by atoms with Crippen molar-refractivity contribution >= 4 is 17.6 Å². The van der Waals surface area contributed by atoms with E-state index in [0.29, 0.717) is 39.8 Å². The Labute approximate surface area is 309 Å². The van der Waals surface area contributed by atoms with Gasteiger partial charge in [-0.3, -0.25) is 15.1 Å². The quantitative estimate of drug-likeness (QED) is 0.0917. The van der Waals surface area contributed by atoms with Gasteiger partial charge in [0.2, 0.25) is 0 Å². The van der Waals surface area contributed by atoms with Gasteiger partial charge in [-0.05, 0) is 91.7 Å². The van der Waals surface area contributed by atoms with Crippen molar-refractivity contribution in [2.45, 2.75) is 65.0 Å². The van der Waals surface area contributed by atoms with Crippen LogP contribution in [-0.2, 0) is 24.6 Å². The van der Waals surface area contributed by atoms with Gasteiger partial charge in [-0.15, -0.1) is 0 Å². The smallest absolute Gasteiger partial charge is 0.323 e. The summed E-state index contributed by atoms with van der Waals surface area (Å²) in [6, 6.07) is 18.1. The second-order valence-electron chi connectivity index (χ2n) is 13.0. The van der Waals surface area contributed by atoms with E-state index < -0.39 is 18.6 Å². The number of nitriles is 1. The summed E-state index contributed by atoms with van der Waals surface area (Å²) in [5.74, 6) is 0.424. The number of rotatable bonds is 18. The number of aromatic nitrogens is 1. The van der Waals surface area contributed by atoms with Crippen molar-refractivity contribution in [3.8, 4) is 34.4 Å². The lowest BCUT2D eigenvalue weighted by atomic mass is 9.93. The van der Waals surface area contributed by atoms with Crippen LogP contribution in [-0.4, -0.2) is 76.2 Å². The van der Waals surface area contributed by atoms with Gasteiger partial charge in [-0.1, -0.05) is 35.9 Å². The second-order valence-corrected chi connectivity index (χ2v) is 13.4. The number of aliphatic carboxylic acids is 1. The highest BCUT2D eigenvalue weighted by molar-refractivity contribution is 6.32. The molecular weight excluding hydrogens is 684 g/mol. The number of aliphatic hydroxyl groups excluding tert-OH is 2. The number of carboxylic acids is 1. The number of pyridine rings is 1. The van der Waals surface area contributed by atoms with Gasteiger partial charge in [-0.2, -0.15) is 5.26 Å². The molecule has 52 heavy (non-hydrogen) atoms. The van der Waals surface area contributed by atoms with Crippen LogP contribution in [0, 0.1) is 25.2 Å². The summed E-state index contributed by atoms with van der Waals surface area (Å²) in [7, 11) is 0. The van der Waals surface area contributed by atoms with Crippen molar-refractivity contribution in [3.63, 3.8) is 0 Å². The third-order valence-corrected chi connectivity index (χ3v) is 9.45. The van der Waals surface area contributed by atoms with E-state index in [4.69, 9.17) is 25.8 Å². The standard InChI is InChI=1S/C40H45ClN4O7/c1-26-14-33(50-13-4-3-11-45-12-10-32(47)22-45)8-9-34(26)35-7-5-6-30(27(35)2)25-52-39-17-38(51-24-29-15-28(18-42)19-43-20-29)31(16-36(39)41)21-44-37(23-46)40(48)49/h5-9,14-17,19-20,32,37,44,46-47H,3-4,10-13,21-25H2,1-2H3,(H,48,49)/t32?,37-/m1/s1. The third-order valence-electron chi connectivity index (χ3n) is 9.16. The van der Waals surface area contributed by atoms with E-state index in [-0.39, 0.29) is 25.9 Å². The Kier molecular flexibility index (Phi) is 13.8. The molecule has 0 bridgehead atoms. The Balaban J connectivity index is 1.26.